The molecule has 2 N–H and O–H groups in total. The molecule has 3 aromatic rings. The fourth-order valence-electron chi connectivity index (χ4n) is 3.91. The summed E-state index contributed by atoms with van der Waals surface area (Å²) in [5.74, 6) is 0.307. The van der Waals surface area contributed by atoms with Gasteiger partial charge in [-0.1, -0.05) is 36.4 Å². The van der Waals surface area contributed by atoms with Gasteiger partial charge in [0.25, 0.3) is 5.91 Å². The van der Waals surface area contributed by atoms with E-state index >= 15 is 0 Å². The van der Waals surface area contributed by atoms with Crippen LogP contribution in [0.3, 0.4) is 0 Å². The third-order valence-corrected chi connectivity index (χ3v) is 5.43. The second-order valence-electron chi connectivity index (χ2n) is 8.53. The molecule has 0 unspecified atom stereocenters. The van der Waals surface area contributed by atoms with Gasteiger partial charge in [0.2, 0.25) is 0 Å². The number of carbonyl (C=O) groups excluding carboxylic acids is 2. The Morgan fingerprint density at radius 3 is 2.47 bits per heavy atom. The Morgan fingerprint density at radius 2 is 1.72 bits per heavy atom. The standard InChI is InChI=1S/C27H26N2O3/c1-27(2)17-20-12-13-22(32-3)15-23(20)24(29-27)16-25(30)18-8-7-9-19(14-18)26(31)28-21-10-5-4-6-11-21/h4-16,29H,17H2,1-3H3,(H,28,31)/b24-16-. The van der Waals surface area contributed by atoms with E-state index in [1.165, 1.54) is 0 Å². The molecule has 5 nitrogen and oxygen atoms in total. The second-order valence-corrected chi connectivity index (χ2v) is 8.53. The summed E-state index contributed by atoms with van der Waals surface area (Å²) in [5, 5.41) is 6.33. The van der Waals surface area contributed by atoms with Crippen LogP contribution in [0.4, 0.5) is 5.69 Å². The highest BCUT2D eigenvalue weighted by molar-refractivity contribution is 6.11. The Labute approximate surface area is 188 Å². The maximum atomic E-state index is 13.1. The van der Waals surface area contributed by atoms with Gasteiger partial charge in [-0.15, -0.1) is 0 Å². The highest BCUT2D eigenvalue weighted by Crippen LogP contribution is 2.32. The summed E-state index contributed by atoms with van der Waals surface area (Å²) in [5.41, 5.74) is 4.25. The van der Waals surface area contributed by atoms with Crippen molar-refractivity contribution in [2.45, 2.75) is 25.8 Å². The minimum atomic E-state index is -0.259. The van der Waals surface area contributed by atoms with E-state index in [4.69, 9.17) is 4.74 Å². The largest absolute Gasteiger partial charge is 0.497 e. The summed E-state index contributed by atoms with van der Waals surface area (Å²) in [7, 11) is 1.63. The van der Waals surface area contributed by atoms with E-state index in [9.17, 15) is 9.59 Å². The zero-order valence-corrected chi connectivity index (χ0v) is 18.4. The highest BCUT2D eigenvalue weighted by atomic mass is 16.5. The first kappa shape index (κ1) is 21.4. The van der Waals surface area contributed by atoms with Crippen molar-refractivity contribution in [2.75, 3.05) is 12.4 Å². The molecule has 162 valence electrons. The van der Waals surface area contributed by atoms with Crippen LogP contribution >= 0.6 is 0 Å². The Balaban J connectivity index is 1.63. The van der Waals surface area contributed by atoms with Crippen LogP contribution in [-0.4, -0.2) is 24.3 Å². The van der Waals surface area contributed by atoms with Crippen molar-refractivity contribution in [1.82, 2.24) is 5.32 Å². The summed E-state index contributed by atoms with van der Waals surface area (Å²) < 4.78 is 5.38. The van der Waals surface area contributed by atoms with E-state index in [1.807, 2.05) is 48.5 Å². The van der Waals surface area contributed by atoms with Crippen LogP contribution in [0.5, 0.6) is 5.75 Å². The van der Waals surface area contributed by atoms with Crippen molar-refractivity contribution in [2.24, 2.45) is 0 Å². The van der Waals surface area contributed by atoms with Crippen LogP contribution in [0.15, 0.2) is 78.9 Å². The summed E-state index contributed by atoms with van der Waals surface area (Å²) in [6.07, 6.45) is 2.44. The molecule has 3 aromatic carbocycles. The first-order valence-electron chi connectivity index (χ1n) is 10.5. The Hall–Kier alpha value is -3.86. The number of rotatable bonds is 5. The zero-order chi connectivity index (χ0) is 22.7. The molecule has 32 heavy (non-hydrogen) atoms. The van der Waals surface area contributed by atoms with Crippen LogP contribution < -0.4 is 15.4 Å². The number of carbonyl (C=O) groups is 2. The second kappa shape index (κ2) is 8.71. The topological polar surface area (TPSA) is 67.4 Å². The predicted octanol–water partition coefficient (Wildman–Crippen LogP) is 5.10. The number of allylic oxidation sites excluding steroid dienone is 1. The lowest BCUT2D eigenvalue weighted by atomic mass is 9.85. The van der Waals surface area contributed by atoms with Gasteiger partial charge in [-0.3, -0.25) is 9.59 Å². The molecule has 0 aromatic heterocycles. The molecule has 1 aliphatic heterocycles. The fourth-order valence-corrected chi connectivity index (χ4v) is 3.91. The third kappa shape index (κ3) is 4.72. The number of anilines is 1. The van der Waals surface area contributed by atoms with Gasteiger partial charge in [-0.2, -0.15) is 0 Å². The summed E-state index contributed by atoms with van der Waals surface area (Å²) in [6, 6.07) is 21.9. The fraction of sp³-hybridized carbons (Fsp3) is 0.185. The molecule has 1 aliphatic rings. The number of fused-ring (bicyclic) bond motifs is 1. The van der Waals surface area contributed by atoms with Gasteiger partial charge in [-0.25, -0.2) is 0 Å². The van der Waals surface area contributed by atoms with Crippen molar-refractivity contribution in [3.8, 4) is 5.75 Å². The number of benzene rings is 3. The van der Waals surface area contributed by atoms with E-state index in [0.717, 1.165) is 29.0 Å². The smallest absolute Gasteiger partial charge is 0.255 e. The van der Waals surface area contributed by atoms with Gasteiger partial charge in [0.15, 0.2) is 5.78 Å². The Bertz CT molecular complexity index is 1200. The maximum Gasteiger partial charge on any atom is 0.255 e. The van der Waals surface area contributed by atoms with Crippen LogP contribution in [0.1, 0.15) is 45.7 Å². The zero-order valence-electron chi connectivity index (χ0n) is 18.4. The van der Waals surface area contributed by atoms with E-state index < -0.39 is 0 Å². The third-order valence-electron chi connectivity index (χ3n) is 5.43. The van der Waals surface area contributed by atoms with E-state index in [0.29, 0.717) is 16.8 Å². The lowest BCUT2D eigenvalue weighted by Gasteiger charge is -2.35. The van der Waals surface area contributed by atoms with Crippen molar-refractivity contribution < 1.29 is 14.3 Å². The molecule has 1 amide bonds. The SMILES string of the molecule is COc1ccc2c(c1)/C(=C/C(=O)c1cccc(C(=O)Nc3ccccc3)c1)NC(C)(C)C2. The number of para-hydroxylation sites is 1. The predicted molar refractivity (Wildman–Crippen MR) is 127 cm³/mol. The van der Waals surface area contributed by atoms with Gasteiger partial charge in [0.05, 0.1) is 7.11 Å². The minimum Gasteiger partial charge on any atom is -0.497 e. The Morgan fingerprint density at radius 1 is 0.969 bits per heavy atom. The average molecular weight is 427 g/mol. The van der Waals surface area contributed by atoms with Crippen molar-refractivity contribution in [1.29, 1.82) is 0 Å². The highest BCUT2D eigenvalue weighted by Gasteiger charge is 2.28. The molecule has 0 aliphatic carbocycles. The van der Waals surface area contributed by atoms with Crippen molar-refractivity contribution >= 4 is 23.1 Å². The van der Waals surface area contributed by atoms with Gasteiger partial charge < -0.3 is 15.4 Å². The molecule has 0 atom stereocenters. The molecule has 0 saturated heterocycles. The van der Waals surface area contributed by atoms with E-state index in [2.05, 4.69) is 24.5 Å². The summed E-state index contributed by atoms with van der Waals surface area (Å²) in [6.45, 7) is 4.21. The van der Waals surface area contributed by atoms with Crippen LogP contribution in [-0.2, 0) is 6.42 Å². The lowest BCUT2D eigenvalue weighted by molar-refractivity contribution is 0.102. The molecule has 0 saturated carbocycles. The quantitative estimate of drug-likeness (QED) is 0.440. The number of hydrogen-bond donors (Lipinski definition) is 2. The van der Waals surface area contributed by atoms with Gasteiger partial charge in [0, 0.05) is 39.7 Å². The Kier molecular flexibility index (Phi) is 5.82. The number of ketones is 1. The first-order chi connectivity index (χ1) is 15.3. The molecule has 4 rings (SSSR count). The van der Waals surface area contributed by atoms with Crippen LogP contribution in [0.2, 0.25) is 0 Å². The average Bonchev–Trinajstić information content (AvgIpc) is 2.79. The van der Waals surface area contributed by atoms with E-state index in [-0.39, 0.29) is 17.2 Å². The first-order valence-corrected chi connectivity index (χ1v) is 10.5. The molecule has 0 fully saturated rings. The van der Waals surface area contributed by atoms with E-state index in [1.54, 1.807) is 37.5 Å². The monoisotopic (exact) mass is 426 g/mol. The molecular formula is C27H26N2O3. The molecular weight excluding hydrogens is 400 g/mol. The summed E-state index contributed by atoms with van der Waals surface area (Å²) >= 11 is 0. The lowest BCUT2D eigenvalue weighted by Crippen LogP contribution is -2.43. The molecule has 0 bridgehead atoms. The molecule has 5 heteroatoms. The van der Waals surface area contributed by atoms with Crippen LogP contribution in [0.25, 0.3) is 5.70 Å². The number of methoxy groups -OCH3 is 1. The van der Waals surface area contributed by atoms with Crippen LogP contribution in [0, 0.1) is 0 Å². The number of nitrogens with one attached hydrogen (secondary N) is 2. The number of ether oxygens (including phenoxy) is 1. The number of hydrogen-bond acceptors (Lipinski definition) is 4. The van der Waals surface area contributed by atoms with Crippen molar-refractivity contribution in [3.05, 3.63) is 101 Å². The minimum absolute atomic E-state index is 0.173. The number of amides is 1. The van der Waals surface area contributed by atoms with Gasteiger partial charge >= 0.3 is 0 Å². The summed E-state index contributed by atoms with van der Waals surface area (Å²) in [4.78, 5) is 25.8. The molecule has 0 spiro atoms. The van der Waals surface area contributed by atoms with Crippen molar-refractivity contribution in [3.63, 3.8) is 0 Å². The molecule has 0 radical (unpaired) electrons. The van der Waals surface area contributed by atoms with Gasteiger partial charge in [0.1, 0.15) is 5.75 Å². The molecule has 1 heterocycles. The van der Waals surface area contributed by atoms with Gasteiger partial charge in [-0.05, 0) is 62.2 Å². The normalized spacial score (nSPS) is 15.4. The maximum absolute atomic E-state index is 13.1.